The highest BCUT2D eigenvalue weighted by atomic mass is 19.1. The standard InChI is InChI=1S/C9H12F2N4O/c1-13-8-5(10)4-6(11)9(15-8)14-3-2-7(12)16/h4H,2-3H2,1H3,(H2,12,16)(H2,13,14,15). The maximum absolute atomic E-state index is 13.2. The zero-order valence-electron chi connectivity index (χ0n) is 8.68. The lowest BCUT2D eigenvalue weighted by Gasteiger charge is -2.08. The molecule has 0 saturated carbocycles. The Bertz CT molecular complexity index is 397. The average Bonchev–Trinajstić information content (AvgIpc) is 2.20. The first-order chi connectivity index (χ1) is 7.54. The summed E-state index contributed by atoms with van der Waals surface area (Å²) in [5.41, 5.74) is 4.91. The number of halogens is 2. The lowest BCUT2D eigenvalue weighted by Crippen LogP contribution is -2.17. The zero-order valence-corrected chi connectivity index (χ0v) is 8.68. The molecule has 1 amide bonds. The second-order valence-electron chi connectivity index (χ2n) is 3.04. The fraction of sp³-hybridized carbons (Fsp3) is 0.333. The van der Waals surface area contributed by atoms with Crippen molar-refractivity contribution in [1.82, 2.24) is 4.98 Å². The van der Waals surface area contributed by atoms with Crippen molar-refractivity contribution in [2.75, 3.05) is 24.2 Å². The van der Waals surface area contributed by atoms with E-state index in [2.05, 4.69) is 15.6 Å². The molecule has 0 aliphatic heterocycles. The third-order valence-corrected chi connectivity index (χ3v) is 1.83. The van der Waals surface area contributed by atoms with E-state index < -0.39 is 17.5 Å². The van der Waals surface area contributed by atoms with E-state index in [0.717, 1.165) is 0 Å². The van der Waals surface area contributed by atoms with Gasteiger partial charge in [-0.25, -0.2) is 13.8 Å². The Hall–Kier alpha value is -1.92. The molecule has 0 radical (unpaired) electrons. The number of nitrogens with two attached hydrogens (primary N) is 1. The van der Waals surface area contributed by atoms with Gasteiger partial charge in [-0.05, 0) is 0 Å². The van der Waals surface area contributed by atoms with E-state index in [1.807, 2.05) is 0 Å². The van der Waals surface area contributed by atoms with Crippen LogP contribution in [0, 0.1) is 11.6 Å². The van der Waals surface area contributed by atoms with Gasteiger partial charge in [-0.1, -0.05) is 0 Å². The van der Waals surface area contributed by atoms with Crippen molar-refractivity contribution in [1.29, 1.82) is 0 Å². The highest BCUT2D eigenvalue weighted by molar-refractivity contribution is 5.74. The number of carbonyl (C=O) groups excluding carboxylic acids is 1. The van der Waals surface area contributed by atoms with E-state index in [9.17, 15) is 13.6 Å². The molecule has 0 spiro atoms. The van der Waals surface area contributed by atoms with Gasteiger partial charge in [-0.2, -0.15) is 0 Å². The third-order valence-electron chi connectivity index (χ3n) is 1.83. The number of anilines is 2. The lowest BCUT2D eigenvalue weighted by atomic mass is 10.3. The van der Waals surface area contributed by atoms with Crippen LogP contribution in [-0.4, -0.2) is 24.5 Å². The second-order valence-corrected chi connectivity index (χ2v) is 3.04. The number of hydrogen-bond acceptors (Lipinski definition) is 4. The van der Waals surface area contributed by atoms with Crippen LogP contribution in [-0.2, 0) is 4.79 Å². The number of primary amides is 1. The molecule has 0 unspecified atom stereocenters. The molecule has 5 nitrogen and oxygen atoms in total. The number of nitrogens with zero attached hydrogens (tertiary/aromatic N) is 1. The van der Waals surface area contributed by atoms with E-state index in [1.54, 1.807) is 0 Å². The first kappa shape index (κ1) is 12.2. The van der Waals surface area contributed by atoms with Crippen molar-refractivity contribution < 1.29 is 13.6 Å². The van der Waals surface area contributed by atoms with Crippen molar-refractivity contribution in [3.8, 4) is 0 Å². The van der Waals surface area contributed by atoms with Gasteiger partial charge in [0.15, 0.2) is 23.3 Å². The quantitative estimate of drug-likeness (QED) is 0.695. The summed E-state index contributed by atoms with van der Waals surface area (Å²) >= 11 is 0. The Balaban J connectivity index is 2.75. The molecule has 0 aromatic carbocycles. The van der Waals surface area contributed by atoms with Crippen LogP contribution in [0.25, 0.3) is 0 Å². The Labute approximate surface area is 91.0 Å². The van der Waals surface area contributed by atoms with Crippen molar-refractivity contribution >= 4 is 17.5 Å². The van der Waals surface area contributed by atoms with Gasteiger partial charge in [0.1, 0.15) is 0 Å². The van der Waals surface area contributed by atoms with Crippen LogP contribution in [0.4, 0.5) is 20.4 Å². The van der Waals surface area contributed by atoms with Crippen LogP contribution in [0.1, 0.15) is 6.42 Å². The summed E-state index contributed by atoms with van der Waals surface area (Å²) in [5.74, 6) is -2.29. The molecule has 1 rings (SSSR count). The number of nitrogens with one attached hydrogen (secondary N) is 2. The Kier molecular flexibility index (Phi) is 3.98. The highest BCUT2D eigenvalue weighted by Gasteiger charge is 2.10. The van der Waals surface area contributed by atoms with Crippen LogP contribution in [0.3, 0.4) is 0 Å². The molecule has 88 valence electrons. The number of carbonyl (C=O) groups is 1. The average molecular weight is 230 g/mol. The number of aromatic nitrogens is 1. The van der Waals surface area contributed by atoms with E-state index in [-0.39, 0.29) is 24.6 Å². The molecule has 0 aliphatic rings. The summed E-state index contributed by atoms with van der Waals surface area (Å²) in [6.07, 6.45) is 0.0490. The minimum atomic E-state index is -0.819. The first-order valence-electron chi connectivity index (χ1n) is 4.60. The van der Waals surface area contributed by atoms with Crippen LogP contribution >= 0.6 is 0 Å². The summed E-state index contributed by atoms with van der Waals surface area (Å²) in [5, 5.41) is 5.03. The van der Waals surface area contributed by atoms with E-state index in [4.69, 9.17) is 5.73 Å². The van der Waals surface area contributed by atoms with Crippen molar-refractivity contribution in [2.24, 2.45) is 5.73 Å². The molecule has 7 heteroatoms. The predicted molar refractivity (Wildman–Crippen MR) is 56.0 cm³/mol. The molecule has 16 heavy (non-hydrogen) atoms. The second kappa shape index (κ2) is 5.24. The fourth-order valence-electron chi connectivity index (χ4n) is 1.07. The molecule has 0 atom stereocenters. The van der Waals surface area contributed by atoms with Gasteiger partial charge in [0.25, 0.3) is 0 Å². The summed E-state index contributed by atoms with van der Waals surface area (Å²) in [4.78, 5) is 14.1. The SMILES string of the molecule is CNc1nc(NCCC(N)=O)c(F)cc1F. The molecule has 0 saturated heterocycles. The summed E-state index contributed by atoms with van der Waals surface area (Å²) in [6.45, 7) is 0.147. The molecule has 0 aliphatic carbocycles. The third kappa shape index (κ3) is 3.04. The van der Waals surface area contributed by atoms with Crippen LogP contribution < -0.4 is 16.4 Å². The molecule has 0 fully saturated rings. The van der Waals surface area contributed by atoms with Crippen LogP contribution in [0.2, 0.25) is 0 Å². The van der Waals surface area contributed by atoms with Gasteiger partial charge >= 0.3 is 0 Å². The summed E-state index contributed by atoms with van der Waals surface area (Å²) < 4.78 is 26.2. The Morgan fingerprint density at radius 1 is 1.44 bits per heavy atom. The maximum atomic E-state index is 13.2. The topological polar surface area (TPSA) is 80.0 Å². The smallest absolute Gasteiger partial charge is 0.219 e. The Morgan fingerprint density at radius 3 is 2.62 bits per heavy atom. The predicted octanol–water partition coefficient (Wildman–Crippen LogP) is 0.689. The van der Waals surface area contributed by atoms with Crippen LogP contribution in [0.15, 0.2) is 6.07 Å². The van der Waals surface area contributed by atoms with Crippen molar-refractivity contribution in [2.45, 2.75) is 6.42 Å². The molecule has 1 heterocycles. The highest BCUT2D eigenvalue weighted by Crippen LogP contribution is 2.18. The monoisotopic (exact) mass is 230 g/mol. The molecule has 1 aromatic rings. The minimum Gasteiger partial charge on any atom is -0.371 e. The zero-order chi connectivity index (χ0) is 12.1. The van der Waals surface area contributed by atoms with Gasteiger partial charge in [-0.15, -0.1) is 0 Å². The van der Waals surface area contributed by atoms with Gasteiger partial charge < -0.3 is 16.4 Å². The first-order valence-corrected chi connectivity index (χ1v) is 4.60. The van der Waals surface area contributed by atoms with Crippen molar-refractivity contribution in [3.05, 3.63) is 17.7 Å². The van der Waals surface area contributed by atoms with Gasteiger partial charge in [0.2, 0.25) is 5.91 Å². The normalized spacial score (nSPS) is 9.94. The van der Waals surface area contributed by atoms with E-state index >= 15 is 0 Å². The Morgan fingerprint density at radius 2 is 2.06 bits per heavy atom. The number of rotatable bonds is 5. The van der Waals surface area contributed by atoms with E-state index in [0.29, 0.717) is 6.07 Å². The van der Waals surface area contributed by atoms with Gasteiger partial charge in [-0.3, -0.25) is 4.79 Å². The molecule has 1 aromatic heterocycles. The molecular formula is C9H12F2N4O. The number of amides is 1. The van der Waals surface area contributed by atoms with E-state index in [1.165, 1.54) is 7.05 Å². The molecule has 0 bridgehead atoms. The fourth-order valence-corrected chi connectivity index (χ4v) is 1.07. The summed E-state index contributed by atoms with van der Waals surface area (Å²) in [6, 6.07) is 0.714. The van der Waals surface area contributed by atoms with Gasteiger partial charge in [0.05, 0.1) is 0 Å². The maximum Gasteiger partial charge on any atom is 0.219 e. The van der Waals surface area contributed by atoms with Crippen molar-refractivity contribution in [3.63, 3.8) is 0 Å². The number of pyridine rings is 1. The molecule has 4 N–H and O–H groups in total. The lowest BCUT2D eigenvalue weighted by molar-refractivity contribution is -0.117. The van der Waals surface area contributed by atoms with Crippen LogP contribution in [0.5, 0.6) is 0 Å². The minimum absolute atomic E-state index is 0.0490. The summed E-state index contributed by atoms with van der Waals surface area (Å²) in [7, 11) is 1.47. The molecular weight excluding hydrogens is 218 g/mol. The number of hydrogen-bond donors (Lipinski definition) is 3. The van der Waals surface area contributed by atoms with Gasteiger partial charge in [0, 0.05) is 26.1 Å². The largest absolute Gasteiger partial charge is 0.371 e.